The van der Waals surface area contributed by atoms with Gasteiger partial charge in [-0.15, -0.1) is 0 Å². The molecule has 1 N–H and O–H groups in total. The lowest BCUT2D eigenvalue weighted by atomic mass is 10.0. The van der Waals surface area contributed by atoms with Crippen LogP contribution in [0.4, 0.5) is 10.6 Å². The van der Waals surface area contributed by atoms with Crippen molar-refractivity contribution in [3.8, 4) is 0 Å². The molecule has 0 saturated carbocycles. The molecule has 6 nitrogen and oxygen atoms in total. The Morgan fingerprint density at radius 3 is 2.90 bits per heavy atom. The van der Waals surface area contributed by atoms with E-state index in [-0.39, 0.29) is 11.6 Å². The maximum Gasteiger partial charge on any atom is 0.323 e. The van der Waals surface area contributed by atoms with Crippen LogP contribution in [0.15, 0.2) is 6.07 Å². The zero-order valence-corrected chi connectivity index (χ0v) is 12.8. The molecule has 0 unspecified atom stereocenters. The van der Waals surface area contributed by atoms with Crippen LogP contribution in [0.25, 0.3) is 0 Å². The number of hydrogen-bond donors (Lipinski definition) is 1. The van der Waals surface area contributed by atoms with E-state index in [4.69, 9.17) is 4.74 Å². The highest BCUT2D eigenvalue weighted by atomic mass is 16.5. The number of anilines is 1. The zero-order valence-electron chi connectivity index (χ0n) is 12.8. The lowest BCUT2D eigenvalue weighted by molar-refractivity contribution is -0.0860. The van der Waals surface area contributed by atoms with E-state index < -0.39 is 0 Å². The van der Waals surface area contributed by atoms with Crippen LogP contribution >= 0.6 is 0 Å². The average Bonchev–Trinajstić information content (AvgIpc) is 2.79. The van der Waals surface area contributed by atoms with Crippen molar-refractivity contribution in [2.75, 3.05) is 25.0 Å². The van der Waals surface area contributed by atoms with E-state index in [1.54, 1.807) is 4.68 Å². The first-order valence-corrected chi connectivity index (χ1v) is 7.20. The first-order valence-electron chi connectivity index (χ1n) is 7.20. The van der Waals surface area contributed by atoms with E-state index in [9.17, 15) is 4.79 Å². The molecule has 1 aliphatic rings. The van der Waals surface area contributed by atoms with Crippen LogP contribution in [0.2, 0.25) is 0 Å². The highest BCUT2D eigenvalue weighted by Gasteiger charge is 2.32. The molecule has 1 saturated heterocycles. The number of hydrogen-bond acceptors (Lipinski definition) is 3. The Kier molecular flexibility index (Phi) is 4.32. The predicted molar refractivity (Wildman–Crippen MR) is 77.8 cm³/mol. The molecule has 2 heterocycles. The third kappa shape index (κ3) is 3.12. The molecule has 0 radical (unpaired) electrons. The molecule has 1 aromatic rings. The second-order valence-electron chi connectivity index (χ2n) is 5.50. The van der Waals surface area contributed by atoms with Crippen LogP contribution < -0.4 is 5.32 Å². The van der Waals surface area contributed by atoms with Crippen molar-refractivity contribution in [3.05, 3.63) is 11.8 Å². The van der Waals surface area contributed by atoms with Crippen LogP contribution in [0.5, 0.6) is 0 Å². The second-order valence-corrected chi connectivity index (χ2v) is 5.50. The number of rotatable bonds is 3. The van der Waals surface area contributed by atoms with Crippen LogP contribution in [0.3, 0.4) is 0 Å². The smallest absolute Gasteiger partial charge is 0.323 e. The first-order chi connectivity index (χ1) is 9.47. The normalized spacial score (nSPS) is 22.9. The van der Waals surface area contributed by atoms with Gasteiger partial charge in [0, 0.05) is 19.7 Å². The van der Waals surface area contributed by atoms with Gasteiger partial charge in [-0.25, -0.2) is 4.79 Å². The van der Waals surface area contributed by atoms with Crippen LogP contribution in [0, 0.1) is 0 Å². The molecule has 0 bridgehead atoms. The summed E-state index contributed by atoms with van der Waals surface area (Å²) in [6.45, 7) is 8.00. The minimum absolute atomic E-state index is 0.0846. The van der Waals surface area contributed by atoms with Gasteiger partial charge in [0.15, 0.2) is 0 Å². The zero-order chi connectivity index (χ0) is 14.8. The highest BCUT2D eigenvalue weighted by molar-refractivity contribution is 5.88. The molecule has 112 valence electrons. The van der Waals surface area contributed by atoms with E-state index in [2.05, 4.69) is 17.3 Å². The third-order valence-electron chi connectivity index (χ3n) is 3.90. The first kappa shape index (κ1) is 14.8. The molecule has 1 aromatic heterocycles. The largest absolute Gasteiger partial charge is 0.372 e. The summed E-state index contributed by atoms with van der Waals surface area (Å²) in [5, 5.41) is 7.26. The fourth-order valence-corrected chi connectivity index (χ4v) is 2.32. The SMILES string of the molecule is CCc1cc(NC(=O)N2CCO[C@](C)(CC)C2)n(C)n1. The molecule has 0 aliphatic carbocycles. The molecule has 2 rings (SSSR count). The Hall–Kier alpha value is -1.56. The maximum atomic E-state index is 12.3. The predicted octanol–water partition coefficient (Wildman–Crippen LogP) is 2.02. The molecule has 1 fully saturated rings. The van der Waals surface area contributed by atoms with Gasteiger partial charge >= 0.3 is 6.03 Å². The Labute approximate surface area is 120 Å². The maximum absolute atomic E-state index is 12.3. The van der Waals surface area contributed by atoms with Gasteiger partial charge in [-0.1, -0.05) is 13.8 Å². The standard InChI is InChI=1S/C14H24N4O2/c1-5-11-9-12(17(4)16-11)15-13(19)18-7-8-20-14(3,6-2)10-18/h9H,5-8,10H2,1-4H3,(H,15,19)/t14-/m1/s1. The molecule has 20 heavy (non-hydrogen) atoms. The monoisotopic (exact) mass is 280 g/mol. The third-order valence-corrected chi connectivity index (χ3v) is 3.90. The van der Waals surface area contributed by atoms with Crippen LogP contribution in [-0.4, -0.2) is 46.0 Å². The Morgan fingerprint density at radius 1 is 1.55 bits per heavy atom. The van der Waals surface area contributed by atoms with E-state index in [1.165, 1.54) is 0 Å². The van der Waals surface area contributed by atoms with Gasteiger partial charge in [0.2, 0.25) is 0 Å². The van der Waals surface area contributed by atoms with Crippen LogP contribution in [0.1, 0.15) is 32.9 Å². The number of morpholine rings is 1. The number of carbonyl (C=O) groups excluding carboxylic acids is 1. The Balaban J connectivity index is 2.02. The molecule has 6 heteroatoms. The fourth-order valence-electron chi connectivity index (χ4n) is 2.32. The molecule has 2 amide bonds. The van der Waals surface area contributed by atoms with E-state index >= 15 is 0 Å². The van der Waals surface area contributed by atoms with Crippen molar-refractivity contribution >= 4 is 11.8 Å². The van der Waals surface area contributed by atoms with Gasteiger partial charge < -0.3 is 9.64 Å². The van der Waals surface area contributed by atoms with E-state index in [1.807, 2.05) is 31.9 Å². The summed E-state index contributed by atoms with van der Waals surface area (Å²) in [6, 6.07) is 1.83. The minimum atomic E-state index is -0.239. The fraction of sp³-hybridized carbons (Fsp3) is 0.714. The minimum Gasteiger partial charge on any atom is -0.372 e. The highest BCUT2D eigenvalue weighted by Crippen LogP contribution is 2.21. The van der Waals surface area contributed by atoms with Crippen molar-refractivity contribution in [1.82, 2.24) is 14.7 Å². The summed E-state index contributed by atoms with van der Waals surface area (Å²) in [5.74, 6) is 0.733. The molecule has 1 aliphatic heterocycles. The Bertz CT molecular complexity index is 486. The summed E-state index contributed by atoms with van der Waals surface area (Å²) in [7, 11) is 1.84. The summed E-state index contributed by atoms with van der Waals surface area (Å²) in [4.78, 5) is 14.2. The summed E-state index contributed by atoms with van der Waals surface area (Å²) in [6.07, 6.45) is 1.75. The van der Waals surface area contributed by atoms with Gasteiger partial charge in [-0.3, -0.25) is 10.00 Å². The molecule has 1 atom stereocenters. The number of aryl methyl sites for hydroxylation is 2. The summed E-state index contributed by atoms with van der Waals surface area (Å²) >= 11 is 0. The number of ether oxygens (including phenoxy) is 1. The van der Waals surface area contributed by atoms with Crippen molar-refractivity contribution < 1.29 is 9.53 Å². The number of carbonyl (C=O) groups is 1. The number of urea groups is 1. The van der Waals surface area contributed by atoms with Gasteiger partial charge in [0.25, 0.3) is 0 Å². The van der Waals surface area contributed by atoms with Gasteiger partial charge in [-0.2, -0.15) is 5.10 Å². The quantitative estimate of drug-likeness (QED) is 0.921. The number of nitrogens with zero attached hydrogens (tertiary/aromatic N) is 3. The van der Waals surface area contributed by atoms with Gasteiger partial charge in [0.05, 0.1) is 24.4 Å². The number of aromatic nitrogens is 2. The lowest BCUT2D eigenvalue weighted by Crippen LogP contribution is -2.53. The summed E-state index contributed by atoms with van der Waals surface area (Å²) in [5.41, 5.74) is 0.736. The average molecular weight is 280 g/mol. The number of nitrogens with one attached hydrogen (secondary N) is 1. The van der Waals surface area contributed by atoms with E-state index in [0.29, 0.717) is 19.7 Å². The van der Waals surface area contributed by atoms with Gasteiger partial charge in [-0.05, 0) is 19.8 Å². The van der Waals surface area contributed by atoms with Crippen molar-refractivity contribution in [3.63, 3.8) is 0 Å². The number of amides is 2. The van der Waals surface area contributed by atoms with E-state index in [0.717, 1.165) is 24.4 Å². The van der Waals surface area contributed by atoms with Crippen molar-refractivity contribution in [1.29, 1.82) is 0 Å². The second kappa shape index (κ2) is 5.83. The van der Waals surface area contributed by atoms with Gasteiger partial charge in [0.1, 0.15) is 5.82 Å². The van der Waals surface area contributed by atoms with Crippen molar-refractivity contribution in [2.45, 2.75) is 39.2 Å². The lowest BCUT2D eigenvalue weighted by Gasteiger charge is -2.39. The molecular weight excluding hydrogens is 256 g/mol. The molecule has 0 aromatic carbocycles. The Morgan fingerprint density at radius 2 is 2.30 bits per heavy atom. The van der Waals surface area contributed by atoms with Crippen LogP contribution in [-0.2, 0) is 18.2 Å². The van der Waals surface area contributed by atoms with Crippen molar-refractivity contribution in [2.24, 2.45) is 7.05 Å². The molecule has 0 spiro atoms. The topological polar surface area (TPSA) is 59.4 Å². The summed E-state index contributed by atoms with van der Waals surface area (Å²) < 4.78 is 7.46. The molecular formula is C14H24N4O2.